The number of halogens is 1. The molecule has 152 valence electrons. The third-order valence-electron chi connectivity index (χ3n) is 5.05. The maximum Gasteiger partial charge on any atom is 0.254 e. The second-order valence-corrected chi connectivity index (χ2v) is 9.18. The van der Waals surface area contributed by atoms with Crippen molar-refractivity contribution in [2.24, 2.45) is 0 Å². The number of hydrogen-bond acceptors (Lipinski definition) is 4. The van der Waals surface area contributed by atoms with Crippen molar-refractivity contribution < 1.29 is 17.6 Å². The van der Waals surface area contributed by atoms with Gasteiger partial charge in [-0.1, -0.05) is 25.4 Å². The largest absolute Gasteiger partial charge is 0.467 e. The number of furan rings is 1. The summed E-state index contributed by atoms with van der Waals surface area (Å²) in [5, 5.41) is 0.112. The Hall–Kier alpha value is -1.83. The first-order chi connectivity index (χ1) is 13.3. The van der Waals surface area contributed by atoms with Gasteiger partial charge in [-0.2, -0.15) is 4.31 Å². The highest BCUT2D eigenvalue weighted by Crippen LogP contribution is 2.36. The van der Waals surface area contributed by atoms with Crippen LogP contribution >= 0.6 is 11.6 Å². The lowest BCUT2D eigenvalue weighted by Gasteiger charge is -2.28. The van der Waals surface area contributed by atoms with Crippen molar-refractivity contribution in [1.29, 1.82) is 0 Å². The molecule has 1 atom stereocenters. The monoisotopic (exact) mass is 424 g/mol. The zero-order valence-corrected chi connectivity index (χ0v) is 17.8. The van der Waals surface area contributed by atoms with Gasteiger partial charge in [0, 0.05) is 24.7 Å². The second kappa shape index (κ2) is 8.27. The molecule has 1 aliphatic carbocycles. The molecule has 0 bridgehead atoms. The van der Waals surface area contributed by atoms with E-state index in [0.717, 1.165) is 12.8 Å². The van der Waals surface area contributed by atoms with Crippen LogP contribution in [-0.4, -0.2) is 42.7 Å². The molecule has 1 amide bonds. The molecule has 3 rings (SSSR count). The number of hydrogen-bond donors (Lipinski definition) is 0. The molecule has 2 aromatic rings. The number of sulfonamides is 1. The van der Waals surface area contributed by atoms with Gasteiger partial charge in [0.05, 0.1) is 17.3 Å². The lowest BCUT2D eigenvalue weighted by Crippen LogP contribution is -2.36. The van der Waals surface area contributed by atoms with Crippen molar-refractivity contribution >= 4 is 27.5 Å². The van der Waals surface area contributed by atoms with Crippen molar-refractivity contribution in [3.8, 4) is 0 Å². The highest BCUT2D eigenvalue weighted by Gasteiger charge is 2.38. The van der Waals surface area contributed by atoms with Gasteiger partial charge >= 0.3 is 0 Å². The van der Waals surface area contributed by atoms with Gasteiger partial charge in [-0.25, -0.2) is 8.42 Å². The maximum atomic E-state index is 13.3. The van der Waals surface area contributed by atoms with Crippen LogP contribution in [0.15, 0.2) is 45.9 Å². The van der Waals surface area contributed by atoms with E-state index in [4.69, 9.17) is 16.0 Å². The summed E-state index contributed by atoms with van der Waals surface area (Å²) < 4.78 is 32.7. The zero-order chi connectivity index (χ0) is 20.5. The molecule has 1 aliphatic rings. The fraction of sp³-hybridized carbons (Fsp3) is 0.450. The third kappa shape index (κ3) is 3.97. The summed E-state index contributed by atoms with van der Waals surface area (Å²) in [5.41, 5.74) is 0.306. The highest BCUT2D eigenvalue weighted by atomic mass is 35.5. The fourth-order valence-corrected chi connectivity index (χ4v) is 5.32. The summed E-state index contributed by atoms with van der Waals surface area (Å²) >= 11 is 6.20. The first-order valence-corrected chi connectivity index (χ1v) is 11.3. The minimum absolute atomic E-state index is 0.0369. The van der Waals surface area contributed by atoms with Gasteiger partial charge in [0.1, 0.15) is 10.7 Å². The summed E-state index contributed by atoms with van der Waals surface area (Å²) in [6.07, 6.45) is 3.43. The Balaban J connectivity index is 1.98. The van der Waals surface area contributed by atoms with Gasteiger partial charge in [-0.05, 0) is 50.1 Å². The molecule has 0 N–H and O–H groups in total. The molecule has 0 aliphatic heterocycles. The molecule has 0 saturated heterocycles. The van der Waals surface area contributed by atoms with Gasteiger partial charge in [0.25, 0.3) is 5.91 Å². The van der Waals surface area contributed by atoms with E-state index in [2.05, 4.69) is 0 Å². The molecule has 28 heavy (non-hydrogen) atoms. The number of nitrogens with zero attached hydrogens (tertiary/aromatic N) is 2. The second-order valence-electron chi connectivity index (χ2n) is 6.87. The minimum Gasteiger partial charge on any atom is -0.467 e. The SMILES string of the molecule is CCN(CC)S(=O)(=O)c1cc(C(=O)N(C2CC2)C(C)c2ccco2)ccc1Cl. The van der Waals surface area contributed by atoms with Crippen LogP contribution in [0.25, 0.3) is 0 Å². The number of carbonyl (C=O) groups excluding carboxylic acids is 1. The maximum absolute atomic E-state index is 13.3. The van der Waals surface area contributed by atoms with E-state index >= 15 is 0 Å². The van der Waals surface area contributed by atoms with Gasteiger partial charge < -0.3 is 9.32 Å². The topological polar surface area (TPSA) is 70.8 Å². The van der Waals surface area contributed by atoms with E-state index in [1.807, 2.05) is 13.0 Å². The molecular formula is C20H25ClN2O4S. The average Bonchev–Trinajstić information content (AvgIpc) is 3.33. The summed E-state index contributed by atoms with van der Waals surface area (Å²) in [5.74, 6) is 0.476. The van der Waals surface area contributed by atoms with Crippen LogP contribution in [0.1, 0.15) is 55.8 Å². The molecule has 1 unspecified atom stereocenters. The van der Waals surface area contributed by atoms with Crippen LogP contribution in [0.5, 0.6) is 0 Å². The van der Waals surface area contributed by atoms with Crippen LogP contribution < -0.4 is 0 Å². The molecular weight excluding hydrogens is 400 g/mol. The molecule has 1 aromatic heterocycles. The molecule has 6 nitrogen and oxygen atoms in total. The highest BCUT2D eigenvalue weighted by molar-refractivity contribution is 7.89. The Kier molecular flexibility index (Phi) is 6.17. The summed E-state index contributed by atoms with van der Waals surface area (Å²) in [6, 6.07) is 7.97. The van der Waals surface area contributed by atoms with Gasteiger partial charge in [-0.3, -0.25) is 4.79 Å². The van der Waals surface area contributed by atoms with Crippen LogP contribution in [0.3, 0.4) is 0 Å². The number of carbonyl (C=O) groups is 1. The van der Waals surface area contributed by atoms with Crippen molar-refractivity contribution in [2.45, 2.75) is 50.6 Å². The Labute approximate surface area is 171 Å². The summed E-state index contributed by atoms with van der Waals surface area (Å²) in [7, 11) is -3.77. The Morgan fingerprint density at radius 1 is 1.25 bits per heavy atom. The average molecular weight is 425 g/mol. The Morgan fingerprint density at radius 2 is 1.93 bits per heavy atom. The molecule has 1 fully saturated rings. The zero-order valence-electron chi connectivity index (χ0n) is 16.3. The number of amides is 1. The van der Waals surface area contributed by atoms with E-state index in [9.17, 15) is 13.2 Å². The predicted molar refractivity (Wildman–Crippen MR) is 108 cm³/mol. The molecule has 1 heterocycles. The van der Waals surface area contributed by atoms with Crippen molar-refractivity contribution in [3.63, 3.8) is 0 Å². The van der Waals surface area contributed by atoms with Gasteiger partial charge in [0.2, 0.25) is 10.0 Å². The summed E-state index contributed by atoms with van der Waals surface area (Å²) in [4.78, 5) is 15.0. The van der Waals surface area contributed by atoms with Gasteiger partial charge in [-0.15, -0.1) is 0 Å². The van der Waals surface area contributed by atoms with Crippen molar-refractivity contribution in [3.05, 3.63) is 52.9 Å². The van der Waals surface area contributed by atoms with E-state index in [1.165, 1.54) is 16.4 Å². The smallest absolute Gasteiger partial charge is 0.254 e. The standard InChI is InChI=1S/C20H25ClN2O4S/c1-4-22(5-2)28(25,26)19-13-15(8-11-17(19)21)20(24)23(16-9-10-16)14(3)18-7-6-12-27-18/h6-8,11-14,16H,4-5,9-10H2,1-3H3. The lowest BCUT2D eigenvalue weighted by molar-refractivity contribution is 0.0652. The number of rotatable bonds is 8. The van der Waals surface area contributed by atoms with Crippen molar-refractivity contribution in [1.82, 2.24) is 9.21 Å². The number of benzene rings is 1. The summed E-state index contributed by atoms with van der Waals surface area (Å²) in [6.45, 7) is 6.11. The van der Waals surface area contributed by atoms with Crippen LogP contribution in [-0.2, 0) is 10.0 Å². The van der Waals surface area contributed by atoms with Crippen LogP contribution in [0, 0.1) is 0 Å². The van der Waals surface area contributed by atoms with E-state index in [1.54, 1.807) is 37.1 Å². The van der Waals surface area contributed by atoms with Crippen LogP contribution in [0.4, 0.5) is 0 Å². The fourth-order valence-electron chi connectivity index (χ4n) is 3.36. The lowest BCUT2D eigenvalue weighted by atomic mass is 10.1. The molecule has 1 aromatic carbocycles. The predicted octanol–water partition coefficient (Wildman–Crippen LogP) is 4.33. The Morgan fingerprint density at radius 3 is 2.46 bits per heavy atom. The molecule has 0 spiro atoms. The quantitative estimate of drug-likeness (QED) is 0.632. The molecule has 8 heteroatoms. The Bertz CT molecular complexity index is 935. The first-order valence-electron chi connectivity index (χ1n) is 9.47. The molecule has 1 saturated carbocycles. The van der Waals surface area contributed by atoms with Gasteiger partial charge in [0.15, 0.2) is 0 Å². The van der Waals surface area contributed by atoms with Crippen LogP contribution in [0.2, 0.25) is 5.02 Å². The van der Waals surface area contributed by atoms with E-state index in [-0.39, 0.29) is 27.9 Å². The van der Waals surface area contributed by atoms with E-state index < -0.39 is 10.0 Å². The van der Waals surface area contributed by atoms with Crippen molar-refractivity contribution in [2.75, 3.05) is 13.1 Å². The minimum atomic E-state index is -3.77. The first kappa shape index (κ1) is 20.9. The normalized spacial score (nSPS) is 15.6. The molecule has 0 radical (unpaired) electrons. The van der Waals surface area contributed by atoms with E-state index in [0.29, 0.717) is 24.4 Å². The third-order valence-corrected chi connectivity index (χ3v) is 7.58.